The van der Waals surface area contributed by atoms with Gasteiger partial charge in [0.1, 0.15) is 6.54 Å². The Hall–Kier alpha value is -1.85. The van der Waals surface area contributed by atoms with Gasteiger partial charge in [0.15, 0.2) is 0 Å². The molecule has 0 aliphatic heterocycles. The number of aromatic nitrogens is 2. The maximum absolute atomic E-state index is 12.1. The third-order valence-corrected chi connectivity index (χ3v) is 2.84. The summed E-state index contributed by atoms with van der Waals surface area (Å²) in [6, 6.07) is 0. The van der Waals surface area contributed by atoms with Crippen LogP contribution in [0.1, 0.15) is 39.5 Å². The van der Waals surface area contributed by atoms with Crippen molar-refractivity contribution in [3.8, 4) is 0 Å². The molecule has 2 N–H and O–H groups in total. The molecule has 0 bridgehead atoms. The van der Waals surface area contributed by atoms with Crippen LogP contribution < -0.4 is 5.32 Å². The van der Waals surface area contributed by atoms with E-state index in [0.29, 0.717) is 5.69 Å². The molecule has 0 aromatic carbocycles. The van der Waals surface area contributed by atoms with Crippen LogP contribution in [-0.4, -0.2) is 26.8 Å². The van der Waals surface area contributed by atoms with Crippen molar-refractivity contribution in [1.29, 1.82) is 0 Å². The van der Waals surface area contributed by atoms with E-state index in [1.807, 2.05) is 0 Å². The van der Waals surface area contributed by atoms with E-state index in [4.69, 9.17) is 5.11 Å². The minimum atomic E-state index is -0.962. The molecule has 1 aromatic heterocycles. The summed E-state index contributed by atoms with van der Waals surface area (Å²) in [6.07, 6.45) is 6.66. The Kier molecular flexibility index (Phi) is 6.05. The van der Waals surface area contributed by atoms with Gasteiger partial charge in [-0.2, -0.15) is 5.10 Å². The lowest BCUT2D eigenvalue weighted by Gasteiger charge is -2.14. The van der Waals surface area contributed by atoms with E-state index in [1.54, 1.807) is 0 Å². The number of carboxylic acid groups (broad SMARTS) is 1. The summed E-state index contributed by atoms with van der Waals surface area (Å²) >= 11 is 0. The van der Waals surface area contributed by atoms with E-state index >= 15 is 0 Å². The molecular weight excluding hydrogens is 246 g/mol. The lowest BCUT2D eigenvalue weighted by molar-refractivity contribution is -0.137. The Morgan fingerprint density at radius 2 is 2.00 bits per heavy atom. The Bertz CT molecular complexity index is 423. The van der Waals surface area contributed by atoms with Gasteiger partial charge in [-0.25, -0.2) is 0 Å². The standard InChI is InChI=1S/C13H21N3O3/c1-3-5-10(6-4-2)13(19)15-11-7-14-16(8-11)9-12(17)18/h7-8,10H,3-6,9H2,1-2H3,(H,15,19)(H,17,18). The first-order valence-electron chi connectivity index (χ1n) is 6.61. The summed E-state index contributed by atoms with van der Waals surface area (Å²) in [5, 5.41) is 15.3. The summed E-state index contributed by atoms with van der Waals surface area (Å²) in [5.74, 6) is -0.966. The number of amides is 1. The molecule has 106 valence electrons. The molecule has 0 unspecified atom stereocenters. The number of carbonyl (C=O) groups is 2. The second-order valence-electron chi connectivity index (χ2n) is 4.58. The third kappa shape index (κ3) is 5.11. The predicted octanol–water partition coefficient (Wildman–Crippen LogP) is 2.12. The van der Waals surface area contributed by atoms with Crippen LogP contribution in [-0.2, 0) is 16.1 Å². The summed E-state index contributed by atoms with van der Waals surface area (Å²) in [7, 11) is 0. The molecule has 6 nitrogen and oxygen atoms in total. The highest BCUT2D eigenvalue weighted by atomic mass is 16.4. The second kappa shape index (κ2) is 7.56. The molecule has 0 aliphatic rings. The first kappa shape index (κ1) is 15.2. The molecule has 19 heavy (non-hydrogen) atoms. The van der Waals surface area contributed by atoms with E-state index in [2.05, 4.69) is 24.3 Å². The summed E-state index contributed by atoms with van der Waals surface area (Å²) < 4.78 is 1.28. The highest BCUT2D eigenvalue weighted by Gasteiger charge is 2.17. The van der Waals surface area contributed by atoms with Gasteiger partial charge in [0, 0.05) is 12.1 Å². The third-order valence-electron chi connectivity index (χ3n) is 2.84. The fraction of sp³-hybridized carbons (Fsp3) is 0.615. The smallest absolute Gasteiger partial charge is 0.325 e. The van der Waals surface area contributed by atoms with E-state index < -0.39 is 5.97 Å². The van der Waals surface area contributed by atoms with Crippen LogP contribution in [0, 0.1) is 5.92 Å². The highest BCUT2D eigenvalue weighted by Crippen LogP contribution is 2.16. The molecule has 6 heteroatoms. The Balaban J connectivity index is 2.59. The van der Waals surface area contributed by atoms with Crippen molar-refractivity contribution < 1.29 is 14.7 Å². The summed E-state index contributed by atoms with van der Waals surface area (Å²) in [6.45, 7) is 3.91. The van der Waals surface area contributed by atoms with Gasteiger partial charge < -0.3 is 10.4 Å². The number of rotatable bonds is 8. The molecule has 1 amide bonds. The molecule has 0 saturated heterocycles. The van der Waals surface area contributed by atoms with E-state index in [1.165, 1.54) is 17.1 Å². The molecule has 0 atom stereocenters. The van der Waals surface area contributed by atoms with Gasteiger partial charge in [-0.05, 0) is 12.8 Å². The Morgan fingerprint density at radius 3 is 2.53 bits per heavy atom. The minimum Gasteiger partial charge on any atom is -0.480 e. The topological polar surface area (TPSA) is 84.2 Å². The summed E-state index contributed by atoms with van der Waals surface area (Å²) in [4.78, 5) is 22.6. The van der Waals surface area contributed by atoms with Gasteiger partial charge in [0.05, 0.1) is 11.9 Å². The van der Waals surface area contributed by atoms with Crippen LogP contribution in [0.5, 0.6) is 0 Å². The number of anilines is 1. The second-order valence-corrected chi connectivity index (χ2v) is 4.58. The van der Waals surface area contributed by atoms with Gasteiger partial charge in [-0.1, -0.05) is 26.7 Å². The molecule has 1 aromatic rings. The van der Waals surface area contributed by atoms with Crippen LogP contribution in [0.25, 0.3) is 0 Å². The number of carboxylic acids is 1. The van der Waals surface area contributed by atoms with Crippen molar-refractivity contribution in [2.45, 2.75) is 46.1 Å². The number of nitrogens with zero attached hydrogens (tertiary/aromatic N) is 2. The van der Waals surface area contributed by atoms with Crippen LogP contribution in [0.3, 0.4) is 0 Å². The highest BCUT2D eigenvalue weighted by molar-refractivity contribution is 5.92. The summed E-state index contributed by atoms with van der Waals surface area (Å²) in [5.41, 5.74) is 0.545. The molecule has 0 aliphatic carbocycles. The molecule has 0 spiro atoms. The van der Waals surface area contributed by atoms with Gasteiger partial charge in [-0.15, -0.1) is 0 Å². The number of carbonyl (C=O) groups excluding carboxylic acids is 1. The average Bonchev–Trinajstić information content (AvgIpc) is 2.75. The van der Waals surface area contributed by atoms with Gasteiger partial charge in [-0.3, -0.25) is 14.3 Å². The first-order valence-corrected chi connectivity index (χ1v) is 6.61. The molecule has 1 heterocycles. The van der Waals surface area contributed by atoms with Crippen molar-refractivity contribution in [3.05, 3.63) is 12.4 Å². The fourth-order valence-electron chi connectivity index (χ4n) is 2.00. The fourth-order valence-corrected chi connectivity index (χ4v) is 2.00. The monoisotopic (exact) mass is 267 g/mol. The van der Waals surface area contributed by atoms with Gasteiger partial charge >= 0.3 is 5.97 Å². The number of hydrogen-bond donors (Lipinski definition) is 2. The lowest BCUT2D eigenvalue weighted by Crippen LogP contribution is -2.22. The average molecular weight is 267 g/mol. The molecule has 0 radical (unpaired) electrons. The van der Waals surface area contributed by atoms with E-state index in [9.17, 15) is 9.59 Å². The quantitative estimate of drug-likeness (QED) is 0.755. The normalized spacial score (nSPS) is 10.7. The van der Waals surface area contributed by atoms with E-state index in [0.717, 1.165) is 25.7 Å². The zero-order valence-corrected chi connectivity index (χ0v) is 11.4. The molecule has 0 saturated carbocycles. The maximum atomic E-state index is 12.1. The van der Waals surface area contributed by atoms with Crippen LogP contribution in [0.4, 0.5) is 5.69 Å². The molecule has 0 fully saturated rings. The zero-order chi connectivity index (χ0) is 14.3. The van der Waals surface area contributed by atoms with Crippen molar-refractivity contribution in [1.82, 2.24) is 9.78 Å². The minimum absolute atomic E-state index is 0.0119. The van der Waals surface area contributed by atoms with Crippen molar-refractivity contribution >= 4 is 17.6 Å². The molecule has 1 rings (SSSR count). The largest absolute Gasteiger partial charge is 0.480 e. The van der Waals surface area contributed by atoms with E-state index in [-0.39, 0.29) is 18.4 Å². The van der Waals surface area contributed by atoms with Crippen molar-refractivity contribution in [2.24, 2.45) is 5.92 Å². The first-order chi connectivity index (χ1) is 9.06. The van der Waals surface area contributed by atoms with Crippen LogP contribution in [0.2, 0.25) is 0 Å². The maximum Gasteiger partial charge on any atom is 0.325 e. The zero-order valence-electron chi connectivity index (χ0n) is 11.4. The number of hydrogen-bond acceptors (Lipinski definition) is 3. The van der Waals surface area contributed by atoms with Crippen molar-refractivity contribution in [3.63, 3.8) is 0 Å². The number of nitrogens with one attached hydrogen (secondary N) is 1. The van der Waals surface area contributed by atoms with Gasteiger partial charge in [0.2, 0.25) is 5.91 Å². The lowest BCUT2D eigenvalue weighted by atomic mass is 9.97. The van der Waals surface area contributed by atoms with Gasteiger partial charge in [0.25, 0.3) is 0 Å². The Labute approximate surface area is 112 Å². The predicted molar refractivity (Wildman–Crippen MR) is 71.8 cm³/mol. The molecular formula is C13H21N3O3. The number of aliphatic carboxylic acids is 1. The van der Waals surface area contributed by atoms with Crippen molar-refractivity contribution in [2.75, 3.05) is 5.32 Å². The van der Waals surface area contributed by atoms with Crippen LogP contribution >= 0.6 is 0 Å². The van der Waals surface area contributed by atoms with Crippen LogP contribution in [0.15, 0.2) is 12.4 Å². The Morgan fingerprint density at radius 1 is 1.37 bits per heavy atom. The SMILES string of the molecule is CCCC(CCC)C(=O)Nc1cnn(CC(=O)O)c1.